The molecule has 0 heterocycles. The average Bonchev–Trinajstić information content (AvgIpc) is 2.43. The van der Waals surface area contributed by atoms with Crippen LogP contribution in [0.3, 0.4) is 0 Å². The zero-order valence-corrected chi connectivity index (χ0v) is 12.4. The predicted octanol–water partition coefficient (Wildman–Crippen LogP) is 3.48. The van der Waals surface area contributed by atoms with Crippen molar-refractivity contribution in [3.8, 4) is 11.5 Å². The molecule has 0 aliphatic heterocycles. The Morgan fingerprint density at radius 1 is 1.26 bits per heavy atom. The summed E-state index contributed by atoms with van der Waals surface area (Å²) in [6.45, 7) is 6.22. The minimum atomic E-state index is -0.218. The molecule has 0 N–H and O–H groups in total. The summed E-state index contributed by atoms with van der Waals surface area (Å²) in [4.78, 5) is 11.9. The van der Waals surface area contributed by atoms with E-state index in [0.717, 1.165) is 23.5 Å². The molecule has 1 saturated carbocycles. The number of Topliss-reactive ketones (excluding diaryl/α,β-unsaturated/α-hetero) is 1. The lowest BCUT2D eigenvalue weighted by Gasteiger charge is -2.45. The molecule has 1 aliphatic carbocycles. The van der Waals surface area contributed by atoms with Gasteiger partial charge in [0.2, 0.25) is 0 Å². The molecule has 2 rings (SSSR count). The molecule has 3 nitrogen and oxygen atoms in total. The van der Waals surface area contributed by atoms with Crippen LogP contribution in [0.2, 0.25) is 0 Å². The smallest absolute Gasteiger partial charge is 0.161 e. The number of benzene rings is 1. The first kappa shape index (κ1) is 13.9. The van der Waals surface area contributed by atoms with Gasteiger partial charge in [0.05, 0.1) is 14.2 Å². The van der Waals surface area contributed by atoms with E-state index in [2.05, 4.69) is 20.8 Å². The standard InChI is InChI=1S/C16H22O3/c1-6-16(3)12(9-15(16)17)11-8-14(19-5)13(18-4)7-10(11)2/h7-8,12H,6,9H2,1-5H3. The zero-order chi connectivity index (χ0) is 14.2. The first-order chi connectivity index (χ1) is 8.97. The van der Waals surface area contributed by atoms with E-state index in [4.69, 9.17) is 9.47 Å². The molecule has 0 spiro atoms. The van der Waals surface area contributed by atoms with Crippen LogP contribution in [0.25, 0.3) is 0 Å². The number of hydrogen-bond donors (Lipinski definition) is 0. The highest BCUT2D eigenvalue weighted by molar-refractivity contribution is 5.93. The summed E-state index contributed by atoms with van der Waals surface area (Å²) in [6.07, 6.45) is 1.52. The van der Waals surface area contributed by atoms with Crippen LogP contribution in [-0.2, 0) is 4.79 Å². The van der Waals surface area contributed by atoms with Crippen molar-refractivity contribution in [3.63, 3.8) is 0 Å². The minimum absolute atomic E-state index is 0.218. The molecule has 0 saturated heterocycles. The summed E-state index contributed by atoms with van der Waals surface area (Å²) >= 11 is 0. The number of carbonyl (C=O) groups is 1. The summed E-state index contributed by atoms with van der Waals surface area (Å²) in [5, 5.41) is 0. The summed E-state index contributed by atoms with van der Waals surface area (Å²) in [7, 11) is 3.28. The third kappa shape index (κ3) is 2.01. The van der Waals surface area contributed by atoms with E-state index in [-0.39, 0.29) is 5.41 Å². The van der Waals surface area contributed by atoms with E-state index in [1.807, 2.05) is 12.1 Å². The largest absolute Gasteiger partial charge is 0.493 e. The molecule has 2 unspecified atom stereocenters. The second-order valence-electron chi connectivity index (χ2n) is 5.51. The summed E-state index contributed by atoms with van der Waals surface area (Å²) in [5.74, 6) is 2.15. The minimum Gasteiger partial charge on any atom is -0.493 e. The molecule has 1 aromatic rings. The molecule has 1 aliphatic rings. The lowest BCUT2D eigenvalue weighted by molar-refractivity contribution is -0.139. The van der Waals surface area contributed by atoms with E-state index in [9.17, 15) is 4.79 Å². The Bertz CT molecular complexity index is 507. The summed E-state index contributed by atoms with van der Waals surface area (Å²) < 4.78 is 10.7. The van der Waals surface area contributed by atoms with Crippen LogP contribution >= 0.6 is 0 Å². The van der Waals surface area contributed by atoms with Crippen LogP contribution in [-0.4, -0.2) is 20.0 Å². The second kappa shape index (κ2) is 4.87. The highest BCUT2D eigenvalue weighted by Gasteiger charge is 2.50. The van der Waals surface area contributed by atoms with Crippen LogP contribution in [0.4, 0.5) is 0 Å². The molecule has 1 fully saturated rings. The van der Waals surface area contributed by atoms with E-state index >= 15 is 0 Å². The van der Waals surface area contributed by atoms with Crippen molar-refractivity contribution >= 4 is 5.78 Å². The van der Waals surface area contributed by atoms with Gasteiger partial charge in [0, 0.05) is 17.8 Å². The molecule has 104 valence electrons. The fourth-order valence-corrected chi connectivity index (χ4v) is 2.98. The quantitative estimate of drug-likeness (QED) is 0.833. The predicted molar refractivity (Wildman–Crippen MR) is 75.0 cm³/mol. The monoisotopic (exact) mass is 262 g/mol. The van der Waals surface area contributed by atoms with Gasteiger partial charge in [-0.1, -0.05) is 13.8 Å². The van der Waals surface area contributed by atoms with Crippen molar-refractivity contribution in [2.24, 2.45) is 5.41 Å². The molecular weight excluding hydrogens is 240 g/mol. The van der Waals surface area contributed by atoms with Crippen molar-refractivity contribution in [1.82, 2.24) is 0 Å². The van der Waals surface area contributed by atoms with E-state index in [0.29, 0.717) is 18.1 Å². The molecule has 0 aromatic heterocycles. The number of methoxy groups -OCH3 is 2. The molecule has 1 aromatic carbocycles. The highest BCUT2D eigenvalue weighted by Crippen LogP contribution is 2.53. The fraction of sp³-hybridized carbons (Fsp3) is 0.562. The number of ketones is 1. The zero-order valence-electron chi connectivity index (χ0n) is 12.4. The number of carbonyl (C=O) groups excluding carboxylic acids is 1. The molecule has 0 amide bonds. The maximum Gasteiger partial charge on any atom is 0.161 e. The number of rotatable bonds is 4. The fourth-order valence-electron chi connectivity index (χ4n) is 2.98. The molecule has 2 atom stereocenters. The SMILES string of the molecule is CCC1(C)C(=O)CC1c1cc(OC)c(OC)cc1C. The maximum absolute atomic E-state index is 11.9. The second-order valence-corrected chi connectivity index (χ2v) is 5.51. The maximum atomic E-state index is 11.9. The van der Waals surface area contributed by atoms with Crippen molar-refractivity contribution in [3.05, 3.63) is 23.3 Å². The van der Waals surface area contributed by atoms with Crippen molar-refractivity contribution in [2.45, 2.75) is 39.5 Å². The first-order valence-corrected chi connectivity index (χ1v) is 6.73. The Hall–Kier alpha value is -1.51. The van der Waals surface area contributed by atoms with Gasteiger partial charge < -0.3 is 9.47 Å². The van der Waals surface area contributed by atoms with Gasteiger partial charge in [-0.2, -0.15) is 0 Å². The van der Waals surface area contributed by atoms with Crippen LogP contribution < -0.4 is 9.47 Å². The summed E-state index contributed by atoms with van der Waals surface area (Å²) in [5.41, 5.74) is 2.15. The van der Waals surface area contributed by atoms with Crippen molar-refractivity contribution in [1.29, 1.82) is 0 Å². The van der Waals surface area contributed by atoms with Gasteiger partial charge in [-0.15, -0.1) is 0 Å². The van der Waals surface area contributed by atoms with Crippen LogP contribution in [0.5, 0.6) is 11.5 Å². The Morgan fingerprint density at radius 3 is 2.32 bits per heavy atom. The Kier molecular flexibility index (Phi) is 3.57. The van der Waals surface area contributed by atoms with Crippen molar-refractivity contribution in [2.75, 3.05) is 14.2 Å². The van der Waals surface area contributed by atoms with Gasteiger partial charge in [0.15, 0.2) is 11.5 Å². The van der Waals surface area contributed by atoms with Gasteiger partial charge in [0.25, 0.3) is 0 Å². The third-order valence-electron chi connectivity index (χ3n) is 4.68. The number of hydrogen-bond acceptors (Lipinski definition) is 3. The van der Waals surface area contributed by atoms with Gasteiger partial charge in [-0.3, -0.25) is 4.79 Å². The van der Waals surface area contributed by atoms with Crippen LogP contribution in [0.15, 0.2) is 12.1 Å². The molecule has 0 bridgehead atoms. The van der Waals surface area contributed by atoms with Crippen LogP contribution in [0, 0.1) is 12.3 Å². The Morgan fingerprint density at radius 2 is 1.84 bits per heavy atom. The third-order valence-corrected chi connectivity index (χ3v) is 4.68. The van der Waals surface area contributed by atoms with E-state index in [1.165, 1.54) is 5.56 Å². The lowest BCUT2D eigenvalue weighted by Crippen LogP contribution is -2.45. The van der Waals surface area contributed by atoms with E-state index in [1.54, 1.807) is 14.2 Å². The van der Waals surface area contributed by atoms with Crippen molar-refractivity contribution < 1.29 is 14.3 Å². The molecule has 19 heavy (non-hydrogen) atoms. The van der Waals surface area contributed by atoms with E-state index < -0.39 is 0 Å². The highest BCUT2D eigenvalue weighted by atomic mass is 16.5. The first-order valence-electron chi connectivity index (χ1n) is 6.73. The number of ether oxygens (including phenoxy) is 2. The van der Waals surface area contributed by atoms with Gasteiger partial charge in [0.1, 0.15) is 5.78 Å². The molecule has 3 heteroatoms. The average molecular weight is 262 g/mol. The lowest BCUT2D eigenvalue weighted by atomic mass is 9.56. The Labute approximate surface area is 114 Å². The van der Waals surface area contributed by atoms with Gasteiger partial charge in [-0.05, 0) is 36.6 Å². The van der Waals surface area contributed by atoms with Gasteiger partial charge in [-0.25, -0.2) is 0 Å². The molecule has 0 radical (unpaired) electrons. The summed E-state index contributed by atoms with van der Waals surface area (Å²) in [6, 6.07) is 4.02. The number of aryl methyl sites for hydroxylation is 1. The Balaban J connectivity index is 2.44. The van der Waals surface area contributed by atoms with Crippen LogP contribution in [0.1, 0.15) is 43.7 Å². The van der Waals surface area contributed by atoms with Gasteiger partial charge >= 0.3 is 0 Å². The topological polar surface area (TPSA) is 35.5 Å². The normalized spacial score (nSPS) is 25.9. The molecular formula is C16H22O3.